The Kier molecular flexibility index (Phi) is 2.42. The average molecular weight is 236 g/mol. The minimum Gasteiger partial charge on any atom is -0.340 e. The van der Waals surface area contributed by atoms with E-state index < -0.39 is 5.54 Å². The van der Waals surface area contributed by atoms with Crippen LogP contribution in [0, 0.1) is 11.8 Å². The lowest BCUT2D eigenvalue weighted by Crippen LogP contribution is -2.66. The summed E-state index contributed by atoms with van der Waals surface area (Å²) in [6.07, 6.45) is 5.81. The molecule has 3 rings (SSSR count). The van der Waals surface area contributed by atoms with Gasteiger partial charge in [0.2, 0.25) is 11.8 Å². The summed E-state index contributed by atoms with van der Waals surface area (Å²) in [5, 5.41) is 2.91. The number of hydrogen-bond acceptors (Lipinski definition) is 2. The van der Waals surface area contributed by atoms with Crippen LogP contribution in [0.3, 0.4) is 0 Å². The molecule has 2 aliphatic carbocycles. The van der Waals surface area contributed by atoms with Crippen molar-refractivity contribution in [3.8, 4) is 0 Å². The van der Waals surface area contributed by atoms with Crippen molar-refractivity contribution in [3.05, 3.63) is 0 Å². The quantitative estimate of drug-likeness (QED) is 0.789. The summed E-state index contributed by atoms with van der Waals surface area (Å²) in [4.78, 5) is 25.9. The van der Waals surface area contributed by atoms with Crippen LogP contribution in [0.4, 0.5) is 0 Å². The molecule has 4 nitrogen and oxygen atoms in total. The summed E-state index contributed by atoms with van der Waals surface area (Å²) in [6.45, 7) is 2.92. The summed E-state index contributed by atoms with van der Waals surface area (Å²) in [5.41, 5.74) is -0.612. The Morgan fingerprint density at radius 2 is 2.00 bits per heavy atom. The fourth-order valence-electron chi connectivity index (χ4n) is 2.82. The van der Waals surface area contributed by atoms with Crippen LogP contribution in [0.1, 0.15) is 39.0 Å². The van der Waals surface area contributed by atoms with Crippen molar-refractivity contribution in [3.63, 3.8) is 0 Å². The predicted octanol–water partition coefficient (Wildman–Crippen LogP) is 0.914. The number of piperazine rings is 1. The molecule has 17 heavy (non-hydrogen) atoms. The van der Waals surface area contributed by atoms with Crippen LogP contribution in [0.2, 0.25) is 0 Å². The van der Waals surface area contributed by atoms with E-state index >= 15 is 0 Å². The number of nitrogens with zero attached hydrogens (tertiary/aromatic N) is 1. The summed E-state index contributed by atoms with van der Waals surface area (Å²) in [5.74, 6) is 1.32. The maximum Gasteiger partial charge on any atom is 0.248 e. The van der Waals surface area contributed by atoms with Gasteiger partial charge in [-0.25, -0.2) is 0 Å². The van der Waals surface area contributed by atoms with Crippen LogP contribution in [-0.4, -0.2) is 35.3 Å². The van der Waals surface area contributed by atoms with Gasteiger partial charge in [-0.1, -0.05) is 12.8 Å². The third-order valence-corrected chi connectivity index (χ3v) is 4.36. The molecule has 0 bridgehead atoms. The number of rotatable bonds is 4. The summed E-state index contributed by atoms with van der Waals surface area (Å²) in [7, 11) is 0. The number of amides is 2. The molecule has 1 unspecified atom stereocenters. The summed E-state index contributed by atoms with van der Waals surface area (Å²) in [6, 6.07) is 0. The molecule has 1 atom stereocenters. The van der Waals surface area contributed by atoms with E-state index in [1.165, 1.54) is 12.8 Å². The lowest BCUT2D eigenvalue weighted by atomic mass is 9.91. The number of nitrogens with one attached hydrogen (secondary N) is 1. The fraction of sp³-hybridized carbons (Fsp3) is 0.846. The van der Waals surface area contributed by atoms with Gasteiger partial charge in [0.25, 0.3) is 0 Å². The highest BCUT2D eigenvalue weighted by molar-refractivity contribution is 5.98. The van der Waals surface area contributed by atoms with Crippen molar-refractivity contribution in [2.45, 2.75) is 44.6 Å². The second-order valence-corrected chi connectivity index (χ2v) is 5.98. The molecule has 0 radical (unpaired) electrons. The van der Waals surface area contributed by atoms with E-state index in [2.05, 4.69) is 5.32 Å². The highest BCUT2D eigenvalue weighted by Crippen LogP contribution is 2.41. The summed E-state index contributed by atoms with van der Waals surface area (Å²) < 4.78 is 0. The first-order chi connectivity index (χ1) is 8.09. The zero-order valence-corrected chi connectivity index (χ0v) is 10.4. The lowest BCUT2D eigenvalue weighted by molar-refractivity contribution is -0.150. The van der Waals surface area contributed by atoms with E-state index in [-0.39, 0.29) is 18.4 Å². The fourth-order valence-corrected chi connectivity index (χ4v) is 2.82. The summed E-state index contributed by atoms with van der Waals surface area (Å²) >= 11 is 0. The van der Waals surface area contributed by atoms with Gasteiger partial charge in [0.05, 0.1) is 6.54 Å². The molecule has 0 aromatic heterocycles. The molecule has 0 aromatic rings. The molecule has 0 spiro atoms. The van der Waals surface area contributed by atoms with Crippen LogP contribution in [0.25, 0.3) is 0 Å². The minimum atomic E-state index is -0.612. The Morgan fingerprint density at radius 1 is 1.29 bits per heavy atom. The third-order valence-electron chi connectivity index (χ3n) is 4.36. The van der Waals surface area contributed by atoms with E-state index in [0.29, 0.717) is 5.92 Å². The zero-order valence-electron chi connectivity index (χ0n) is 10.4. The van der Waals surface area contributed by atoms with Crippen molar-refractivity contribution in [2.24, 2.45) is 11.8 Å². The van der Waals surface area contributed by atoms with Gasteiger partial charge in [-0.2, -0.15) is 0 Å². The SMILES string of the molecule is CC1(C2CC2)NC(=O)CN(CCC2CC2)C1=O. The molecule has 1 saturated heterocycles. The van der Waals surface area contributed by atoms with Gasteiger partial charge in [0, 0.05) is 6.54 Å². The molecule has 4 heteroatoms. The predicted molar refractivity (Wildman–Crippen MR) is 63.2 cm³/mol. The molecule has 0 aromatic carbocycles. The maximum absolute atomic E-state index is 12.4. The Labute approximate surface area is 102 Å². The average Bonchev–Trinajstić information content (AvgIpc) is 3.15. The Morgan fingerprint density at radius 3 is 2.59 bits per heavy atom. The van der Waals surface area contributed by atoms with Gasteiger partial charge in [0.1, 0.15) is 5.54 Å². The van der Waals surface area contributed by atoms with Crippen molar-refractivity contribution in [2.75, 3.05) is 13.1 Å². The lowest BCUT2D eigenvalue weighted by Gasteiger charge is -2.40. The molecular formula is C13H20N2O2. The van der Waals surface area contributed by atoms with Crippen LogP contribution < -0.4 is 5.32 Å². The molecule has 1 aliphatic heterocycles. The van der Waals surface area contributed by atoms with E-state index in [9.17, 15) is 9.59 Å². The zero-order chi connectivity index (χ0) is 12.0. The van der Waals surface area contributed by atoms with E-state index in [4.69, 9.17) is 0 Å². The van der Waals surface area contributed by atoms with Gasteiger partial charge in [-0.05, 0) is 38.0 Å². The second-order valence-electron chi connectivity index (χ2n) is 5.98. The van der Waals surface area contributed by atoms with E-state index in [1.54, 1.807) is 4.90 Å². The van der Waals surface area contributed by atoms with Crippen LogP contribution in [-0.2, 0) is 9.59 Å². The highest BCUT2D eigenvalue weighted by atomic mass is 16.2. The smallest absolute Gasteiger partial charge is 0.248 e. The second kappa shape index (κ2) is 3.72. The third kappa shape index (κ3) is 2.05. The van der Waals surface area contributed by atoms with Gasteiger partial charge >= 0.3 is 0 Å². The molecule has 3 aliphatic rings. The van der Waals surface area contributed by atoms with Gasteiger partial charge < -0.3 is 10.2 Å². The monoisotopic (exact) mass is 236 g/mol. The van der Waals surface area contributed by atoms with E-state index in [0.717, 1.165) is 31.7 Å². The minimum absolute atomic E-state index is 0.00907. The number of hydrogen-bond donors (Lipinski definition) is 1. The van der Waals surface area contributed by atoms with Gasteiger partial charge in [-0.15, -0.1) is 0 Å². The molecular weight excluding hydrogens is 216 g/mol. The molecule has 1 N–H and O–H groups in total. The standard InChI is InChI=1S/C13H20N2O2/c1-13(10-4-5-10)12(17)15(8-11(16)14-13)7-6-9-2-3-9/h9-10H,2-8H2,1H3,(H,14,16). The van der Waals surface area contributed by atoms with Crippen molar-refractivity contribution >= 4 is 11.8 Å². The van der Waals surface area contributed by atoms with Crippen LogP contribution in [0.5, 0.6) is 0 Å². The number of carbonyl (C=O) groups excluding carboxylic acids is 2. The first-order valence-corrected chi connectivity index (χ1v) is 6.70. The Bertz CT molecular complexity index is 360. The van der Waals surface area contributed by atoms with Gasteiger partial charge in [0.15, 0.2) is 0 Å². The Balaban J connectivity index is 1.69. The molecule has 2 saturated carbocycles. The largest absolute Gasteiger partial charge is 0.340 e. The molecule has 1 heterocycles. The molecule has 2 amide bonds. The van der Waals surface area contributed by atoms with E-state index in [1.807, 2.05) is 6.92 Å². The highest BCUT2D eigenvalue weighted by Gasteiger charge is 2.52. The van der Waals surface area contributed by atoms with Crippen molar-refractivity contribution < 1.29 is 9.59 Å². The topological polar surface area (TPSA) is 49.4 Å². The Hall–Kier alpha value is -1.06. The van der Waals surface area contributed by atoms with Crippen LogP contribution >= 0.6 is 0 Å². The maximum atomic E-state index is 12.4. The van der Waals surface area contributed by atoms with Crippen LogP contribution in [0.15, 0.2) is 0 Å². The number of carbonyl (C=O) groups is 2. The molecule has 3 fully saturated rings. The first-order valence-electron chi connectivity index (χ1n) is 6.70. The van der Waals surface area contributed by atoms with Crippen molar-refractivity contribution in [1.29, 1.82) is 0 Å². The van der Waals surface area contributed by atoms with Crippen molar-refractivity contribution in [1.82, 2.24) is 10.2 Å². The normalized spacial score (nSPS) is 33.8. The van der Waals surface area contributed by atoms with Gasteiger partial charge in [-0.3, -0.25) is 9.59 Å². The first kappa shape index (κ1) is 11.1. The molecule has 94 valence electrons.